The molecular formula is C12H19NO7. The van der Waals surface area contributed by atoms with Crippen molar-refractivity contribution in [3.63, 3.8) is 0 Å². The molecule has 0 rings (SSSR count). The van der Waals surface area contributed by atoms with Gasteiger partial charge in [0.05, 0.1) is 7.11 Å². The second kappa shape index (κ2) is 7.46. The number of aliphatic carboxylic acids is 1. The molecule has 1 unspecified atom stereocenters. The molecule has 20 heavy (non-hydrogen) atoms. The highest BCUT2D eigenvalue weighted by Gasteiger charge is 2.38. The Labute approximate surface area is 116 Å². The van der Waals surface area contributed by atoms with Gasteiger partial charge in [-0.3, -0.25) is 0 Å². The lowest BCUT2D eigenvalue weighted by Gasteiger charge is -2.28. The van der Waals surface area contributed by atoms with E-state index in [1.807, 2.05) is 0 Å². The molecule has 8 nitrogen and oxygen atoms in total. The average molecular weight is 289 g/mol. The van der Waals surface area contributed by atoms with Crippen LogP contribution >= 0.6 is 0 Å². The van der Waals surface area contributed by atoms with Crippen molar-refractivity contribution in [1.82, 2.24) is 4.90 Å². The summed E-state index contributed by atoms with van der Waals surface area (Å²) in [6.07, 6.45) is -2.12. The third-order valence-electron chi connectivity index (χ3n) is 2.12. The number of carboxylic acids is 1. The van der Waals surface area contributed by atoms with Crippen molar-refractivity contribution in [2.45, 2.75) is 45.3 Å². The zero-order valence-corrected chi connectivity index (χ0v) is 11.9. The molecule has 0 aromatic rings. The third-order valence-corrected chi connectivity index (χ3v) is 2.12. The highest BCUT2D eigenvalue weighted by Crippen LogP contribution is 2.16. The molecule has 0 saturated carbocycles. The van der Waals surface area contributed by atoms with Gasteiger partial charge in [-0.2, -0.15) is 4.90 Å². The maximum absolute atomic E-state index is 11.9. The summed E-state index contributed by atoms with van der Waals surface area (Å²) in [4.78, 5) is 45.4. The van der Waals surface area contributed by atoms with Crippen LogP contribution in [-0.4, -0.2) is 53.2 Å². The number of carbonyl (C=O) groups is 4. The lowest BCUT2D eigenvalue weighted by molar-refractivity contribution is -0.142. The maximum atomic E-state index is 11.9. The number of carboxylic acid groups (broad SMARTS) is 1. The maximum Gasteiger partial charge on any atom is 0.420 e. The Morgan fingerprint density at radius 3 is 2.15 bits per heavy atom. The first kappa shape index (κ1) is 17.9. The number of imide groups is 1. The zero-order valence-electron chi connectivity index (χ0n) is 11.9. The number of nitrogens with zero attached hydrogens (tertiary/aromatic N) is 1. The Morgan fingerprint density at radius 1 is 1.25 bits per heavy atom. The molecule has 0 aliphatic heterocycles. The van der Waals surface area contributed by atoms with Gasteiger partial charge in [0, 0.05) is 6.42 Å². The Morgan fingerprint density at radius 2 is 1.80 bits per heavy atom. The van der Waals surface area contributed by atoms with Crippen molar-refractivity contribution in [3.8, 4) is 0 Å². The summed E-state index contributed by atoms with van der Waals surface area (Å²) in [6, 6.07) is -1.53. The monoisotopic (exact) mass is 289 g/mol. The fraction of sp³-hybridized carbons (Fsp3) is 0.667. The van der Waals surface area contributed by atoms with Gasteiger partial charge in [0.1, 0.15) is 17.9 Å². The molecule has 0 aliphatic rings. The average Bonchev–Trinajstić information content (AvgIpc) is 2.30. The molecule has 0 aromatic carbocycles. The molecule has 0 heterocycles. The molecule has 1 N–H and O–H groups in total. The lowest BCUT2D eigenvalue weighted by Crippen LogP contribution is -2.50. The van der Waals surface area contributed by atoms with E-state index in [1.165, 1.54) is 0 Å². The Hall–Kier alpha value is -2.12. The topological polar surface area (TPSA) is 110 Å². The van der Waals surface area contributed by atoms with Crippen LogP contribution in [0, 0.1) is 0 Å². The molecular weight excluding hydrogens is 270 g/mol. The van der Waals surface area contributed by atoms with Gasteiger partial charge in [0.2, 0.25) is 0 Å². The SMILES string of the molecule is COC(=O)N(C(=O)OC(C)(C)C)C(CCC=O)C(=O)O. The quantitative estimate of drug-likeness (QED) is 0.762. The molecule has 0 spiro atoms. The first-order chi connectivity index (χ1) is 9.14. The van der Waals surface area contributed by atoms with Gasteiger partial charge in [-0.1, -0.05) is 0 Å². The summed E-state index contributed by atoms with van der Waals surface area (Å²) < 4.78 is 9.36. The number of rotatable bonds is 5. The highest BCUT2D eigenvalue weighted by molar-refractivity contribution is 5.93. The van der Waals surface area contributed by atoms with Gasteiger partial charge < -0.3 is 19.4 Å². The van der Waals surface area contributed by atoms with E-state index in [2.05, 4.69) is 4.74 Å². The standard InChI is InChI=1S/C12H19NO7/c1-12(2,3)20-11(18)13(10(17)19-4)8(9(15)16)6-5-7-14/h7-8H,5-6H2,1-4H3,(H,15,16). The fourth-order valence-electron chi connectivity index (χ4n) is 1.33. The molecule has 2 amide bonds. The first-order valence-corrected chi connectivity index (χ1v) is 5.90. The predicted octanol–water partition coefficient (Wildman–Crippen LogP) is 1.42. The number of aldehydes is 1. The number of ether oxygens (including phenoxy) is 2. The predicted molar refractivity (Wildman–Crippen MR) is 67.2 cm³/mol. The second-order valence-electron chi connectivity index (χ2n) is 4.92. The van der Waals surface area contributed by atoms with E-state index >= 15 is 0 Å². The number of methoxy groups -OCH3 is 1. The Kier molecular flexibility index (Phi) is 6.67. The molecule has 114 valence electrons. The number of hydrogen-bond donors (Lipinski definition) is 1. The summed E-state index contributed by atoms with van der Waals surface area (Å²) >= 11 is 0. The molecule has 1 atom stereocenters. The number of amides is 2. The van der Waals surface area contributed by atoms with Crippen LogP contribution in [0.25, 0.3) is 0 Å². The molecule has 0 bridgehead atoms. The molecule has 8 heteroatoms. The van der Waals surface area contributed by atoms with Crippen LogP contribution in [0.3, 0.4) is 0 Å². The zero-order chi connectivity index (χ0) is 15.9. The minimum absolute atomic E-state index is 0.118. The second-order valence-corrected chi connectivity index (χ2v) is 4.92. The van der Waals surface area contributed by atoms with Crippen LogP contribution in [0.4, 0.5) is 9.59 Å². The van der Waals surface area contributed by atoms with Crippen LogP contribution in [0.1, 0.15) is 33.6 Å². The van der Waals surface area contributed by atoms with E-state index in [0.717, 1.165) is 7.11 Å². The molecule has 0 fully saturated rings. The Balaban J connectivity index is 5.29. The van der Waals surface area contributed by atoms with E-state index in [9.17, 15) is 19.2 Å². The normalized spacial score (nSPS) is 12.2. The first-order valence-electron chi connectivity index (χ1n) is 5.90. The van der Waals surface area contributed by atoms with Gasteiger partial charge in [-0.25, -0.2) is 14.4 Å². The van der Waals surface area contributed by atoms with Crippen LogP contribution < -0.4 is 0 Å². The van der Waals surface area contributed by atoms with E-state index in [0.29, 0.717) is 11.2 Å². The van der Waals surface area contributed by atoms with Crippen molar-refractivity contribution >= 4 is 24.4 Å². The van der Waals surface area contributed by atoms with Crippen LogP contribution in [0.15, 0.2) is 0 Å². The summed E-state index contributed by atoms with van der Waals surface area (Å²) in [6.45, 7) is 4.71. The van der Waals surface area contributed by atoms with E-state index < -0.39 is 29.8 Å². The Bertz CT molecular complexity index is 386. The van der Waals surface area contributed by atoms with Gasteiger partial charge in [0.25, 0.3) is 0 Å². The van der Waals surface area contributed by atoms with Crippen molar-refractivity contribution in [3.05, 3.63) is 0 Å². The van der Waals surface area contributed by atoms with Gasteiger partial charge in [0.15, 0.2) is 0 Å². The van der Waals surface area contributed by atoms with E-state index in [-0.39, 0.29) is 12.8 Å². The van der Waals surface area contributed by atoms with Crippen molar-refractivity contribution < 1.29 is 33.8 Å². The van der Waals surface area contributed by atoms with Crippen molar-refractivity contribution in [2.75, 3.05) is 7.11 Å². The summed E-state index contributed by atoms with van der Waals surface area (Å²) in [5, 5.41) is 9.09. The lowest BCUT2D eigenvalue weighted by atomic mass is 10.1. The highest BCUT2D eigenvalue weighted by atomic mass is 16.6. The van der Waals surface area contributed by atoms with Gasteiger partial charge in [-0.15, -0.1) is 0 Å². The van der Waals surface area contributed by atoms with Crippen LogP contribution in [-0.2, 0) is 19.1 Å². The third kappa shape index (κ3) is 5.68. The largest absolute Gasteiger partial charge is 0.480 e. The summed E-state index contributed by atoms with van der Waals surface area (Å²) in [5.41, 5.74) is -0.906. The molecule has 0 aliphatic carbocycles. The summed E-state index contributed by atoms with van der Waals surface area (Å²) in [5.74, 6) is -1.43. The molecule has 0 saturated heterocycles. The van der Waals surface area contributed by atoms with E-state index in [4.69, 9.17) is 9.84 Å². The minimum Gasteiger partial charge on any atom is -0.480 e. The van der Waals surface area contributed by atoms with Gasteiger partial charge in [-0.05, 0) is 27.2 Å². The van der Waals surface area contributed by atoms with Crippen molar-refractivity contribution in [2.24, 2.45) is 0 Å². The van der Waals surface area contributed by atoms with E-state index in [1.54, 1.807) is 20.8 Å². The summed E-state index contributed by atoms with van der Waals surface area (Å²) in [7, 11) is 1.01. The minimum atomic E-state index is -1.53. The fourth-order valence-corrected chi connectivity index (χ4v) is 1.33. The van der Waals surface area contributed by atoms with Crippen LogP contribution in [0.5, 0.6) is 0 Å². The number of hydrogen-bond acceptors (Lipinski definition) is 6. The number of carbonyl (C=O) groups excluding carboxylic acids is 3. The smallest absolute Gasteiger partial charge is 0.420 e. The molecule has 0 radical (unpaired) electrons. The van der Waals surface area contributed by atoms with Crippen molar-refractivity contribution in [1.29, 1.82) is 0 Å². The van der Waals surface area contributed by atoms with Crippen LogP contribution in [0.2, 0.25) is 0 Å². The van der Waals surface area contributed by atoms with Gasteiger partial charge >= 0.3 is 18.2 Å². The molecule has 0 aromatic heterocycles.